The Morgan fingerprint density at radius 1 is 1.43 bits per heavy atom. The number of nitrogens with one attached hydrogen (secondary N) is 1. The first-order valence-corrected chi connectivity index (χ1v) is 8.96. The van der Waals surface area contributed by atoms with Crippen LogP contribution in [0.2, 0.25) is 0 Å². The Labute approximate surface area is 124 Å². The van der Waals surface area contributed by atoms with Gasteiger partial charge in [-0.3, -0.25) is 0 Å². The second-order valence-electron chi connectivity index (χ2n) is 6.03. The maximum Gasteiger partial charge on any atom is 0.216 e. The van der Waals surface area contributed by atoms with Gasteiger partial charge in [-0.25, -0.2) is 17.5 Å². The van der Waals surface area contributed by atoms with Crippen LogP contribution < -0.4 is 4.72 Å². The van der Waals surface area contributed by atoms with Gasteiger partial charge in [0, 0.05) is 24.1 Å². The number of aryl methyl sites for hydroxylation is 1. The van der Waals surface area contributed by atoms with E-state index in [-0.39, 0.29) is 29.4 Å². The predicted octanol–water partition coefficient (Wildman–Crippen LogP) is 2.12. The first kappa shape index (κ1) is 14.9. The zero-order valence-electron chi connectivity index (χ0n) is 12.0. The van der Waals surface area contributed by atoms with Crippen LogP contribution in [-0.2, 0) is 20.5 Å². The van der Waals surface area contributed by atoms with Crippen LogP contribution >= 0.6 is 0 Å². The maximum absolute atomic E-state index is 13.8. The van der Waals surface area contributed by atoms with E-state index < -0.39 is 15.8 Å². The lowest BCUT2D eigenvalue weighted by Gasteiger charge is -2.47. The highest BCUT2D eigenvalue weighted by Crippen LogP contribution is 2.38. The van der Waals surface area contributed by atoms with Crippen molar-refractivity contribution in [3.05, 3.63) is 35.1 Å². The van der Waals surface area contributed by atoms with E-state index in [0.29, 0.717) is 0 Å². The van der Waals surface area contributed by atoms with Gasteiger partial charge in [0.05, 0.1) is 11.9 Å². The molecule has 1 aromatic rings. The lowest BCUT2D eigenvalue weighted by Crippen LogP contribution is -2.57. The van der Waals surface area contributed by atoms with Crippen LogP contribution in [-0.4, -0.2) is 27.2 Å². The second-order valence-corrected chi connectivity index (χ2v) is 7.78. The minimum absolute atomic E-state index is 0.0613. The van der Waals surface area contributed by atoms with Crippen molar-refractivity contribution in [2.45, 2.75) is 44.1 Å². The molecule has 1 saturated carbocycles. The van der Waals surface area contributed by atoms with E-state index in [2.05, 4.69) is 4.72 Å². The molecule has 3 atom stereocenters. The Balaban J connectivity index is 1.64. The topological polar surface area (TPSA) is 55.4 Å². The van der Waals surface area contributed by atoms with Gasteiger partial charge in [-0.05, 0) is 37.8 Å². The molecule has 1 aliphatic heterocycles. The van der Waals surface area contributed by atoms with Crippen molar-refractivity contribution in [3.63, 3.8) is 0 Å². The van der Waals surface area contributed by atoms with Crippen LogP contribution in [0.15, 0.2) is 18.2 Å². The molecule has 0 aromatic heterocycles. The van der Waals surface area contributed by atoms with Crippen LogP contribution in [0, 0.1) is 18.7 Å². The largest absolute Gasteiger partial charge is 0.378 e. The highest BCUT2D eigenvalue weighted by Gasteiger charge is 2.44. The van der Waals surface area contributed by atoms with Crippen molar-refractivity contribution in [1.29, 1.82) is 0 Å². The molecule has 1 aromatic carbocycles. The highest BCUT2D eigenvalue weighted by atomic mass is 32.2. The van der Waals surface area contributed by atoms with Crippen LogP contribution in [0.4, 0.5) is 4.39 Å². The Hall–Kier alpha value is -0.980. The van der Waals surface area contributed by atoms with Crippen molar-refractivity contribution in [1.82, 2.24) is 4.72 Å². The number of hydrogen-bond donors (Lipinski definition) is 1. The molecule has 3 rings (SSSR count). The maximum atomic E-state index is 13.8. The summed E-state index contributed by atoms with van der Waals surface area (Å²) in [4.78, 5) is 0. The Morgan fingerprint density at radius 3 is 2.95 bits per heavy atom. The molecule has 1 aliphatic carbocycles. The molecular weight excluding hydrogens is 293 g/mol. The van der Waals surface area contributed by atoms with Gasteiger partial charge in [0.15, 0.2) is 0 Å². The third kappa shape index (κ3) is 3.27. The first-order chi connectivity index (χ1) is 9.94. The summed E-state index contributed by atoms with van der Waals surface area (Å²) < 4.78 is 46.4. The van der Waals surface area contributed by atoms with Crippen molar-refractivity contribution in [3.8, 4) is 0 Å². The third-order valence-electron chi connectivity index (χ3n) is 4.38. The van der Waals surface area contributed by atoms with E-state index in [1.165, 1.54) is 12.1 Å². The molecule has 4 nitrogen and oxygen atoms in total. The average molecular weight is 313 g/mol. The molecule has 1 N–H and O–H groups in total. The molecule has 2 fully saturated rings. The number of rotatable bonds is 4. The van der Waals surface area contributed by atoms with E-state index in [9.17, 15) is 12.8 Å². The van der Waals surface area contributed by atoms with Crippen LogP contribution in [0.25, 0.3) is 0 Å². The Kier molecular flexibility index (Phi) is 4.03. The van der Waals surface area contributed by atoms with E-state index in [0.717, 1.165) is 31.4 Å². The molecule has 2 aliphatic rings. The quantitative estimate of drug-likeness (QED) is 0.926. The van der Waals surface area contributed by atoms with E-state index in [4.69, 9.17) is 4.74 Å². The zero-order chi connectivity index (χ0) is 15.0. The average Bonchev–Trinajstić information content (AvgIpc) is 2.39. The SMILES string of the molecule is Cc1ccc(CS(=O)(=O)N[C@@H]2C[C@@H]3OCCC[C@@H]32)c(F)c1. The molecule has 0 bridgehead atoms. The summed E-state index contributed by atoms with van der Waals surface area (Å²) in [5, 5.41) is 0. The summed E-state index contributed by atoms with van der Waals surface area (Å²) >= 11 is 0. The fourth-order valence-electron chi connectivity index (χ4n) is 3.18. The first-order valence-electron chi connectivity index (χ1n) is 7.31. The second kappa shape index (κ2) is 5.66. The van der Waals surface area contributed by atoms with Crippen LogP contribution in [0.5, 0.6) is 0 Å². The standard InChI is InChI=1S/C15H20FNO3S/c1-10-4-5-11(13(16)7-10)9-21(18,19)17-14-8-15-12(14)3-2-6-20-15/h4-5,7,12,14-15,17H,2-3,6,8-9H2,1H3/t12-,14-,15+/m1/s1. The summed E-state index contributed by atoms with van der Waals surface area (Å²) in [7, 11) is -3.53. The van der Waals surface area contributed by atoms with Crippen LogP contribution in [0.1, 0.15) is 30.4 Å². The minimum atomic E-state index is -3.53. The predicted molar refractivity (Wildman–Crippen MR) is 77.8 cm³/mol. The monoisotopic (exact) mass is 313 g/mol. The number of benzene rings is 1. The normalized spacial score (nSPS) is 28.8. The van der Waals surface area contributed by atoms with E-state index >= 15 is 0 Å². The molecule has 0 radical (unpaired) electrons. The molecule has 6 heteroatoms. The lowest BCUT2D eigenvalue weighted by atomic mass is 9.73. The molecule has 1 heterocycles. The number of fused-ring (bicyclic) bond motifs is 1. The highest BCUT2D eigenvalue weighted by molar-refractivity contribution is 7.88. The van der Waals surface area contributed by atoms with Crippen molar-refractivity contribution >= 4 is 10.0 Å². The van der Waals surface area contributed by atoms with Gasteiger partial charge in [0.25, 0.3) is 0 Å². The number of ether oxygens (including phenoxy) is 1. The van der Waals surface area contributed by atoms with Gasteiger partial charge >= 0.3 is 0 Å². The van der Waals surface area contributed by atoms with Gasteiger partial charge in [0.1, 0.15) is 5.82 Å². The summed E-state index contributed by atoms with van der Waals surface area (Å²) in [5.41, 5.74) is 0.992. The van der Waals surface area contributed by atoms with Gasteiger partial charge in [-0.15, -0.1) is 0 Å². The van der Waals surface area contributed by atoms with Gasteiger partial charge in [0.2, 0.25) is 10.0 Å². The Bertz CT molecular complexity index is 632. The third-order valence-corrected chi connectivity index (χ3v) is 5.73. The number of halogens is 1. The summed E-state index contributed by atoms with van der Waals surface area (Å²) in [5.74, 6) is -0.502. The van der Waals surface area contributed by atoms with Crippen molar-refractivity contribution < 1.29 is 17.5 Å². The minimum Gasteiger partial charge on any atom is -0.378 e. The van der Waals surface area contributed by atoms with Crippen molar-refractivity contribution in [2.24, 2.45) is 5.92 Å². The fraction of sp³-hybridized carbons (Fsp3) is 0.600. The number of hydrogen-bond acceptors (Lipinski definition) is 3. The molecule has 21 heavy (non-hydrogen) atoms. The zero-order valence-corrected chi connectivity index (χ0v) is 12.8. The Morgan fingerprint density at radius 2 is 2.24 bits per heavy atom. The molecule has 0 unspecified atom stereocenters. The molecule has 0 spiro atoms. The van der Waals surface area contributed by atoms with Crippen LogP contribution in [0.3, 0.4) is 0 Å². The fourth-order valence-corrected chi connectivity index (χ4v) is 4.64. The molecule has 116 valence electrons. The summed E-state index contributed by atoms with van der Waals surface area (Å²) in [6.07, 6.45) is 2.89. The smallest absolute Gasteiger partial charge is 0.216 e. The van der Waals surface area contributed by atoms with E-state index in [1.54, 1.807) is 13.0 Å². The van der Waals surface area contributed by atoms with Gasteiger partial charge in [-0.1, -0.05) is 12.1 Å². The molecule has 1 saturated heterocycles. The lowest BCUT2D eigenvalue weighted by molar-refractivity contribution is -0.0980. The molecular formula is C15H20FNO3S. The van der Waals surface area contributed by atoms with Gasteiger partial charge in [-0.2, -0.15) is 0 Å². The summed E-state index contributed by atoms with van der Waals surface area (Å²) in [6, 6.07) is 4.56. The number of sulfonamides is 1. The van der Waals surface area contributed by atoms with Crippen molar-refractivity contribution in [2.75, 3.05) is 6.61 Å². The summed E-state index contributed by atoms with van der Waals surface area (Å²) in [6.45, 7) is 2.55. The van der Waals surface area contributed by atoms with E-state index in [1.807, 2.05) is 0 Å². The van der Waals surface area contributed by atoms with Gasteiger partial charge < -0.3 is 4.74 Å². The molecule has 0 amide bonds.